The number of carbonyl (C=O) groups excluding carboxylic acids is 1. The van der Waals surface area contributed by atoms with Gasteiger partial charge < -0.3 is 10.2 Å². The van der Waals surface area contributed by atoms with Gasteiger partial charge in [0.2, 0.25) is 0 Å². The maximum Gasteiger partial charge on any atom is 0.264 e. The number of thioether (sulfide) groups is 1. The predicted octanol–water partition coefficient (Wildman–Crippen LogP) is 6.44. The number of amidine groups is 1. The van der Waals surface area contributed by atoms with Crippen molar-refractivity contribution in [3.63, 3.8) is 0 Å². The molecule has 2 aliphatic rings. The lowest BCUT2D eigenvalue weighted by molar-refractivity contribution is -0.112. The second kappa shape index (κ2) is 11.9. The lowest BCUT2D eigenvalue weighted by Gasteiger charge is -2.25. The van der Waals surface area contributed by atoms with Gasteiger partial charge in [-0.1, -0.05) is 46.0 Å². The first-order chi connectivity index (χ1) is 13.2. The molecule has 2 aliphatic heterocycles. The third-order valence-corrected chi connectivity index (χ3v) is 7.00. The number of nitrogens with one attached hydrogen (secondary N) is 1. The van der Waals surface area contributed by atoms with E-state index in [1.54, 1.807) is 23.1 Å². The zero-order valence-electron chi connectivity index (χ0n) is 17.0. The van der Waals surface area contributed by atoms with Crippen molar-refractivity contribution < 1.29 is 4.79 Å². The number of rotatable bonds is 10. The average molecular weight is 442 g/mol. The minimum Gasteiger partial charge on any atom is -0.323 e. The Morgan fingerprint density at radius 1 is 1.18 bits per heavy atom. The van der Waals surface area contributed by atoms with E-state index in [1.165, 1.54) is 37.7 Å². The van der Waals surface area contributed by atoms with Crippen molar-refractivity contribution in [2.24, 2.45) is 4.99 Å². The molecule has 28 heavy (non-hydrogen) atoms. The second-order valence-electron chi connectivity index (χ2n) is 7.23. The Hall–Kier alpha value is -0.980. The first-order valence-electron chi connectivity index (χ1n) is 10.3. The molecule has 0 atom stereocenters. The minimum atomic E-state index is 0. The number of aryl methyl sites for hydroxylation is 1. The van der Waals surface area contributed by atoms with Crippen molar-refractivity contribution in [2.45, 2.75) is 71.6 Å². The molecule has 1 aromatic heterocycles. The lowest BCUT2D eigenvalue weighted by atomic mass is 10.1. The Morgan fingerprint density at radius 2 is 2.00 bits per heavy atom. The topological polar surface area (TPSA) is 44.7 Å². The van der Waals surface area contributed by atoms with E-state index in [1.807, 2.05) is 0 Å². The van der Waals surface area contributed by atoms with Crippen molar-refractivity contribution in [3.8, 4) is 0 Å². The molecule has 0 saturated heterocycles. The molecule has 4 nitrogen and oxygen atoms in total. The van der Waals surface area contributed by atoms with Gasteiger partial charge in [0.25, 0.3) is 5.91 Å². The maximum atomic E-state index is 12.9. The number of anilines is 1. The van der Waals surface area contributed by atoms with E-state index in [9.17, 15) is 4.79 Å². The summed E-state index contributed by atoms with van der Waals surface area (Å²) in [6.07, 6.45) is 10.6. The number of nitrogens with zero attached hydrogens (tertiary/aromatic N) is 2. The number of halogens is 1. The Labute approximate surface area is 183 Å². The van der Waals surface area contributed by atoms with Crippen LogP contribution in [0.3, 0.4) is 0 Å². The van der Waals surface area contributed by atoms with Crippen LogP contribution in [0.4, 0.5) is 5.00 Å². The van der Waals surface area contributed by atoms with Crippen LogP contribution in [0.25, 0.3) is 0 Å². The van der Waals surface area contributed by atoms with Gasteiger partial charge in [0.05, 0.1) is 9.91 Å². The van der Waals surface area contributed by atoms with Crippen LogP contribution in [0.15, 0.2) is 27.0 Å². The van der Waals surface area contributed by atoms with Gasteiger partial charge in [-0.3, -0.25) is 9.79 Å². The van der Waals surface area contributed by atoms with E-state index >= 15 is 0 Å². The van der Waals surface area contributed by atoms with E-state index in [4.69, 9.17) is 0 Å². The normalized spacial score (nSPS) is 15.9. The molecule has 0 bridgehead atoms. The molecule has 156 valence electrons. The fourth-order valence-electron chi connectivity index (χ4n) is 3.53. The highest BCUT2D eigenvalue weighted by molar-refractivity contribution is 8.18. The fraction of sp³-hybridized carbons (Fsp3) is 0.619. The average Bonchev–Trinajstić information content (AvgIpc) is 3.27. The van der Waals surface area contributed by atoms with Crippen LogP contribution in [0.1, 0.15) is 70.8 Å². The second-order valence-corrected chi connectivity index (χ2v) is 9.12. The van der Waals surface area contributed by atoms with Crippen LogP contribution in [-0.4, -0.2) is 29.1 Å². The maximum absolute atomic E-state index is 12.9. The third-order valence-electron chi connectivity index (χ3n) is 4.95. The summed E-state index contributed by atoms with van der Waals surface area (Å²) in [5.74, 6) is 0.0249. The molecular weight excluding hydrogens is 410 g/mol. The van der Waals surface area contributed by atoms with Crippen LogP contribution in [0, 0.1) is 0 Å². The van der Waals surface area contributed by atoms with E-state index in [0.29, 0.717) is 0 Å². The molecule has 0 aromatic carbocycles. The molecule has 1 aromatic rings. The van der Waals surface area contributed by atoms with Crippen LogP contribution in [-0.2, 0) is 11.2 Å². The summed E-state index contributed by atoms with van der Waals surface area (Å²) >= 11 is 3.18. The number of thiophene rings is 1. The van der Waals surface area contributed by atoms with Gasteiger partial charge >= 0.3 is 0 Å². The third kappa shape index (κ3) is 6.01. The van der Waals surface area contributed by atoms with Gasteiger partial charge in [-0.15, -0.1) is 23.7 Å². The lowest BCUT2D eigenvalue weighted by Crippen LogP contribution is -2.29. The molecule has 7 heteroatoms. The summed E-state index contributed by atoms with van der Waals surface area (Å²) in [4.78, 5) is 20.6. The summed E-state index contributed by atoms with van der Waals surface area (Å²) in [6.45, 7) is 6.27. The first kappa shape index (κ1) is 23.3. The quantitative estimate of drug-likeness (QED) is 0.425. The molecule has 3 rings (SSSR count). The zero-order chi connectivity index (χ0) is 19.1. The molecule has 1 N–H and O–H groups in total. The van der Waals surface area contributed by atoms with E-state index in [2.05, 4.69) is 40.5 Å². The summed E-state index contributed by atoms with van der Waals surface area (Å²) in [7, 11) is 0. The highest BCUT2D eigenvalue weighted by Crippen LogP contribution is 2.39. The zero-order valence-corrected chi connectivity index (χ0v) is 19.4. The Bertz CT molecular complexity index is 714. The number of amides is 1. The van der Waals surface area contributed by atoms with E-state index in [0.717, 1.165) is 59.5 Å². The molecule has 0 fully saturated rings. The number of fused-ring (bicyclic) bond motifs is 1. The summed E-state index contributed by atoms with van der Waals surface area (Å²) in [5, 5.41) is 7.28. The molecule has 0 saturated carbocycles. The number of carbonyl (C=O) groups is 1. The van der Waals surface area contributed by atoms with Gasteiger partial charge in [-0.2, -0.15) is 0 Å². The van der Waals surface area contributed by atoms with E-state index in [-0.39, 0.29) is 18.3 Å². The molecule has 0 spiro atoms. The van der Waals surface area contributed by atoms with Crippen LogP contribution in [0.5, 0.6) is 0 Å². The van der Waals surface area contributed by atoms with Crippen LogP contribution in [0.2, 0.25) is 0 Å². The van der Waals surface area contributed by atoms with Gasteiger partial charge in [-0.25, -0.2) is 0 Å². The van der Waals surface area contributed by atoms with Crippen molar-refractivity contribution >= 4 is 51.6 Å². The monoisotopic (exact) mass is 441 g/mol. The summed E-state index contributed by atoms with van der Waals surface area (Å²) in [5.41, 5.74) is 2.50. The Morgan fingerprint density at radius 3 is 2.79 bits per heavy atom. The largest absolute Gasteiger partial charge is 0.323 e. The Balaban J connectivity index is 0.00000280. The molecule has 3 heterocycles. The van der Waals surface area contributed by atoms with Crippen LogP contribution < -0.4 is 5.32 Å². The van der Waals surface area contributed by atoms with Crippen molar-refractivity contribution in [2.75, 3.05) is 18.4 Å². The van der Waals surface area contributed by atoms with Crippen molar-refractivity contribution in [1.82, 2.24) is 4.90 Å². The summed E-state index contributed by atoms with van der Waals surface area (Å²) < 4.78 is 0. The SMILES string of the molecule is CCCCCCCc1csc(NC(=O)C2=C(CCC)N3CCCN=C3S2)c1.Cl. The minimum absolute atomic E-state index is 0. The van der Waals surface area contributed by atoms with Gasteiger partial charge in [0.1, 0.15) is 0 Å². The molecule has 0 unspecified atom stereocenters. The smallest absolute Gasteiger partial charge is 0.264 e. The predicted molar refractivity (Wildman–Crippen MR) is 126 cm³/mol. The van der Waals surface area contributed by atoms with Crippen LogP contribution >= 0.6 is 35.5 Å². The Kier molecular flexibility index (Phi) is 9.89. The van der Waals surface area contributed by atoms with E-state index < -0.39 is 0 Å². The molecule has 1 amide bonds. The highest BCUT2D eigenvalue weighted by Gasteiger charge is 2.33. The molecule has 0 radical (unpaired) electrons. The summed E-state index contributed by atoms with van der Waals surface area (Å²) in [6, 6.07) is 2.15. The number of aliphatic imine (C=N–C) groups is 1. The van der Waals surface area contributed by atoms with Crippen molar-refractivity contribution in [3.05, 3.63) is 27.6 Å². The van der Waals surface area contributed by atoms with Crippen molar-refractivity contribution in [1.29, 1.82) is 0 Å². The number of allylic oxidation sites excluding steroid dienone is 1. The fourth-order valence-corrected chi connectivity index (χ4v) is 5.49. The number of unbranched alkanes of at least 4 members (excludes halogenated alkanes) is 4. The highest BCUT2D eigenvalue weighted by atomic mass is 35.5. The number of hydrogen-bond acceptors (Lipinski definition) is 5. The number of hydrogen-bond donors (Lipinski definition) is 1. The van der Waals surface area contributed by atoms with Gasteiger partial charge in [0, 0.05) is 18.8 Å². The standard InChI is InChI=1S/C21H31N3OS2.ClH/c1-3-5-6-7-8-11-16-14-18(26-15-16)23-20(25)19-17(10-4-2)24-13-9-12-22-21(24)27-19;/h14-15H,3-13H2,1-2H3,(H,23,25);1H. The van der Waals surface area contributed by atoms with Gasteiger partial charge in [-0.05, 0) is 54.5 Å². The first-order valence-corrected chi connectivity index (χ1v) is 12.0. The molecular formula is C21H32ClN3OS2. The molecule has 0 aliphatic carbocycles. The van der Waals surface area contributed by atoms with Gasteiger partial charge in [0.15, 0.2) is 5.17 Å².